The van der Waals surface area contributed by atoms with E-state index in [1.165, 1.54) is 4.31 Å². The van der Waals surface area contributed by atoms with Gasteiger partial charge >= 0.3 is 5.97 Å². The van der Waals surface area contributed by atoms with E-state index in [0.717, 1.165) is 10.9 Å². The second-order valence-corrected chi connectivity index (χ2v) is 9.70. The van der Waals surface area contributed by atoms with Crippen molar-refractivity contribution in [3.63, 3.8) is 0 Å². The minimum Gasteiger partial charge on any atom is -0.480 e. The number of carboxylic acid groups (broad SMARTS) is 1. The zero-order valence-corrected chi connectivity index (χ0v) is 18.2. The van der Waals surface area contributed by atoms with Gasteiger partial charge in [-0.15, -0.1) is 0 Å². The number of rotatable bonds is 7. The molecule has 0 aliphatic carbocycles. The van der Waals surface area contributed by atoms with Crippen LogP contribution in [-0.2, 0) is 26.0 Å². The van der Waals surface area contributed by atoms with Crippen LogP contribution in [0.3, 0.4) is 0 Å². The summed E-state index contributed by atoms with van der Waals surface area (Å²) in [5.41, 5.74) is 0.770. The Morgan fingerprint density at radius 3 is 2.44 bits per heavy atom. The third kappa shape index (κ3) is 4.37. The van der Waals surface area contributed by atoms with E-state index in [1.807, 2.05) is 24.3 Å². The Morgan fingerprint density at radius 1 is 1.00 bits per heavy atom. The summed E-state index contributed by atoms with van der Waals surface area (Å²) in [7, 11) is -3.95. The minimum absolute atomic E-state index is 0.116. The second-order valence-electron chi connectivity index (χ2n) is 7.84. The van der Waals surface area contributed by atoms with Crippen LogP contribution in [0.25, 0.3) is 10.8 Å². The molecule has 2 atom stereocenters. The lowest BCUT2D eigenvalue weighted by Gasteiger charge is -2.25. The molecule has 0 unspecified atom stereocenters. The molecule has 0 bridgehead atoms. The molecule has 1 fully saturated rings. The van der Waals surface area contributed by atoms with Crippen LogP contribution < -0.4 is 5.32 Å². The Morgan fingerprint density at radius 2 is 1.69 bits per heavy atom. The standard InChI is InChI=1S/C24H24N2O5S/c27-23(25-20(24(28)29)16-17-8-2-1-3-9-17)21-13-7-15-26(21)32(30,31)22-14-6-11-18-10-4-5-12-19(18)22/h1-6,8-12,14,20-21H,7,13,15-16H2,(H,25,27)(H,28,29)/t20-,21-/m0/s1. The zero-order chi connectivity index (χ0) is 22.7. The van der Waals surface area contributed by atoms with Crippen LogP contribution in [0.1, 0.15) is 18.4 Å². The van der Waals surface area contributed by atoms with Gasteiger partial charge in [0.25, 0.3) is 0 Å². The van der Waals surface area contributed by atoms with E-state index < -0.39 is 34.0 Å². The van der Waals surface area contributed by atoms with Gasteiger partial charge in [-0.25, -0.2) is 13.2 Å². The fourth-order valence-electron chi connectivity index (χ4n) is 4.15. The highest BCUT2D eigenvalue weighted by Crippen LogP contribution is 2.30. The maximum Gasteiger partial charge on any atom is 0.326 e. The van der Waals surface area contributed by atoms with Crippen LogP contribution >= 0.6 is 0 Å². The van der Waals surface area contributed by atoms with Crippen LogP contribution in [0, 0.1) is 0 Å². The average molecular weight is 453 g/mol. The SMILES string of the molecule is O=C(O)[C@H](Cc1ccccc1)NC(=O)[C@@H]1CCCN1S(=O)(=O)c1cccc2ccccc12. The largest absolute Gasteiger partial charge is 0.480 e. The Balaban J connectivity index is 1.58. The summed E-state index contributed by atoms with van der Waals surface area (Å²) >= 11 is 0. The summed E-state index contributed by atoms with van der Waals surface area (Å²) in [6.07, 6.45) is 0.983. The van der Waals surface area contributed by atoms with Gasteiger partial charge in [-0.2, -0.15) is 4.31 Å². The van der Waals surface area contributed by atoms with Crippen molar-refractivity contribution in [3.05, 3.63) is 78.4 Å². The molecule has 7 nitrogen and oxygen atoms in total. The highest BCUT2D eigenvalue weighted by molar-refractivity contribution is 7.89. The molecule has 0 spiro atoms. The van der Waals surface area contributed by atoms with Crippen LogP contribution in [0.4, 0.5) is 0 Å². The quantitative estimate of drug-likeness (QED) is 0.574. The number of sulfonamides is 1. The van der Waals surface area contributed by atoms with Gasteiger partial charge in [0.15, 0.2) is 0 Å². The number of fused-ring (bicyclic) bond motifs is 1. The van der Waals surface area contributed by atoms with E-state index in [0.29, 0.717) is 18.2 Å². The van der Waals surface area contributed by atoms with Crippen LogP contribution in [0.5, 0.6) is 0 Å². The molecule has 0 radical (unpaired) electrons. The Bertz CT molecular complexity index is 1240. The number of carboxylic acids is 1. The van der Waals surface area contributed by atoms with Crippen molar-refractivity contribution in [1.82, 2.24) is 9.62 Å². The van der Waals surface area contributed by atoms with E-state index in [4.69, 9.17) is 0 Å². The summed E-state index contributed by atoms with van der Waals surface area (Å²) in [6.45, 7) is 0.208. The third-order valence-electron chi connectivity index (χ3n) is 5.74. The molecule has 4 rings (SSSR count). The lowest BCUT2D eigenvalue weighted by Crippen LogP contribution is -2.51. The van der Waals surface area contributed by atoms with E-state index >= 15 is 0 Å². The molecule has 32 heavy (non-hydrogen) atoms. The van der Waals surface area contributed by atoms with Gasteiger partial charge in [0.1, 0.15) is 12.1 Å². The van der Waals surface area contributed by atoms with E-state index in [2.05, 4.69) is 5.32 Å². The van der Waals surface area contributed by atoms with Crippen molar-refractivity contribution < 1.29 is 23.1 Å². The number of benzene rings is 3. The fourth-order valence-corrected chi connectivity index (χ4v) is 6.03. The first kappa shape index (κ1) is 22.0. The van der Waals surface area contributed by atoms with Crippen molar-refractivity contribution >= 4 is 32.7 Å². The molecule has 3 aromatic rings. The summed E-state index contributed by atoms with van der Waals surface area (Å²) in [5, 5.41) is 13.5. The highest BCUT2D eigenvalue weighted by atomic mass is 32.2. The van der Waals surface area contributed by atoms with Crippen molar-refractivity contribution in [2.75, 3.05) is 6.54 Å². The monoisotopic (exact) mass is 452 g/mol. The lowest BCUT2D eigenvalue weighted by molar-refractivity contribution is -0.142. The topological polar surface area (TPSA) is 104 Å². The number of hydrogen-bond acceptors (Lipinski definition) is 4. The molecule has 1 aliphatic rings. The first-order valence-corrected chi connectivity index (χ1v) is 11.9. The minimum atomic E-state index is -3.95. The summed E-state index contributed by atoms with van der Waals surface area (Å²) in [5.74, 6) is -1.75. The van der Waals surface area contributed by atoms with Crippen LogP contribution in [0.2, 0.25) is 0 Å². The molecular weight excluding hydrogens is 428 g/mol. The number of amides is 1. The Hall–Kier alpha value is -3.23. The van der Waals surface area contributed by atoms with Crippen LogP contribution in [-0.4, -0.2) is 48.3 Å². The van der Waals surface area contributed by atoms with E-state index in [9.17, 15) is 23.1 Å². The zero-order valence-electron chi connectivity index (χ0n) is 17.3. The number of aliphatic carboxylic acids is 1. The van der Waals surface area contributed by atoms with E-state index in [1.54, 1.807) is 48.5 Å². The number of hydrogen-bond donors (Lipinski definition) is 2. The van der Waals surface area contributed by atoms with Gasteiger partial charge in [0.2, 0.25) is 15.9 Å². The Kier molecular flexibility index (Phi) is 6.25. The molecule has 1 amide bonds. The molecule has 1 heterocycles. The maximum atomic E-state index is 13.5. The fraction of sp³-hybridized carbons (Fsp3) is 0.250. The predicted octanol–water partition coefficient (Wildman–Crippen LogP) is 2.81. The van der Waals surface area contributed by atoms with Gasteiger partial charge in [-0.1, -0.05) is 66.7 Å². The Labute approximate surface area is 186 Å². The first-order chi connectivity index (χ1) is 15.4. The van der Waals surface area contributed by atoms with Gasteiger partial charge < -0.3 is 10.4 Å². The van der Waals surface area contributed by atoms with Crippen molar-refractivity contribution in [1.29, 1.82) is 0 Å². The third-order valence-corrected chi connectivity index (χ3v) is 7.71. The molecule has 1 aliphatic heterocycles. The van der Waals surface area contributed by atoms with Crippen molar-refractivity contribution in [2.45, 2.75) is 36.2 Å². The molecular formula is C24H24N2O5S. The molecule has 0 aromatic heterocycles. The summed E-state index contributed by atoms with van der Waals surface area (Å²) in [4.78, 5) is 24.9. The molecule has 1 saturated heterocycles. The number of carbonyl (C=O) groups is 2. The second kappa shape index (κ2) is 9.10. The molecule has 166 valence electrons. The summed E-state index contributed by atoms with van der Waals surface area (Å²) in [6, 6.07) is 19.2. The molecule has 8 heteroatoms. The normalized spacial score (nSPS) is 17.8. The number of nitrogens with zero attached hydrogens (tertiary/aromatic N) is 1. The van der Waals surface area contributed by atoms with Gasteiger partial charge in [-0.05, 0) is 29.9 Å². The lowest BCUT2D eigenvalue weighted by atomic mass is 10.1. The van der Waals surface area contributed by atoms with Gasteiger partial charge in [0.05, 0.1) is 4.90 Å². The average Bonchev–Trinajstić information content (AvgIpc) is 3.30. The smallest absolute Gasteiger partial charge is 0.326 e. The number of nitrogens with one attached hydrogen (secondary N) is 1. The van der Waals surface area contributed by atoms with Gasteiger partial charge in [-0.3, -0.25) is 4.79 Å². The first-order valence-electron chi connectivity index (χ1n) is 10.4. The van der Waals surface area contributed by atoms with Gasteiger partial charge in [0, 0.05) is 18.4 Å². The summed E-state index contributed by atoms with van der Waals surface area (Å²) < 4.78 is 28.2. The number of carbonyl (C=O) groups excluding carboxylic acids is 1. The maximum absolute atomic E-state index is 13.5. The molecule has 2 N–H and O–H groups in total. The van der Waals surface area contributed by atoms with E-state index in [-0.39, 0.29) is 17.9 Å². The van der Waals surface area contributed by atoms with Crippen molar-refractivity contribution in [3.8, 4) is 0 Å². The predicted molar refractivity (Wildman–Crippen MR) is 121 cm³/mol. The van der Waals surface area contributed by atoms with Crippen molar-refractivity contribution in [2.24, 2.45) is 0 Å². The molecule has 0 saturated carbocycles. The highest BCUT2D eigenvalue weighted by Gasteiger charge is 2.41. The molecule has 3 aromatic carbocycles. The van der Waals surface area contributed by atoms with Crippen LogP contribution in [0.15, 0.2) is 77.7 Å².